The van der Waals surface area contributed by atoms with E-state index in [9.17, 15) is 8.42 Å². The molecule has 0 N–H and O–H groups in total. The predicted octanol–water partition coefficient (Wildman–Crippen LogP) is 5.15. The van der Waals surface area contributed by atoms with Crippen LogP contribution in [0.2, 0.25) is 19.6 Å². The van der Waals surface area contributed by atoms with E-state index >= 15 is 0 Å². The van der Waals surface area contributed by atoms with Gasteiger partial charge in [0.1, 0.15) is 8.07 Å². The summed E-state index contributed by atoms with van der Waals surface area (Å²) in [6, 6.07) is 18.5. The van der Waals surface area contributed by atoms with Gasteiger partial charge in [-0.25, -0.2) is 12.7 Å². The number of hydrogen-bond acceptors (Lipinski definition) is 2. The number of piperidine rings is 1. The summed E-state index contributed by atoms with van der Waals surface area (Å²) >= 11 is 0. The number of nitrogens with zero attached hydrogens (tertiary/aromatic N) is 2. The number of benzene rings is 2. The molecule has 1 saturated heterocycles. The van der Waals surface area contributed by atoms with Gasteiger partial charge < -0.3 is 4.57 Å². The van der Waals surface area contributed by atoms with Crippen molar-refractivity contribution in [2.75, 3.05) is 18.8 Å². The van der Waals surface area contributed by atoms with Gasteiger partial charge in [-0.15, -0.1) is 5.54 Å². The third kappa shape index (κ3) is 6.38. The zero-order valence-electron chi connectivity index (χ0n) is 19.9. The molecule has 0 saturated carbocycles. The molecule has 0 spiro atoms. The molecule has 0 radical (unpaired) electrons. The Kier molecular flexibility index (Phi) is 7.13. The topological polar surface area (TPSA) is 42.3 Å². The van der Waals surface area contributed by atoms with Crippen molar-refractivity contribution in [2.24, 2.45) is 5.92 Å². The predicted molar refractivity (Wildman–Crippen MR) is 140 cm³/mol. The van der Waals surface area contributed by atoms with Gasteiger partial charge in [-0.1, -0.05) is 55.9 Å². The lowest BCUT2D eigenvalue weighted by Crippen LogP contribution is -2.40. The van der Waals surface area contributed by atoms with Gasteiger partial charge in [0, 0.05) is 42.3 Å². The number of sulfonamides is 1. The minimum atomic E-state index is -3.21. The van der Waals surface area contributed by atoms with E-state index in [4.69, 9.17) is 0 Å². The van der Waals surface area contributed by atoms with Crippen LogP contribution in [0.25, 0.3) is 10.9 Å². The molecule has 174 valence electrons. The molecule has 0 amide bonds. The summed E-state index contributed by atoms with van der Waals surface area (Å²) in [7, 11) is -4.59. The van der Waals surface area contributed by atoms with Gasteiger partial charge in [0.05, 0.1) is 5.75 Å². The molecule has 3 aromatic rings. The molecule has 0 unspecified atom stereocenters. The molecule has 2 aromatic carbocycles. The Hall–Kier alpha value is -2.33. The lowest BCUT2D eigenvalue weighted by atomic mass is 9.98. The van der Waals surface area contributed by atoms with Gasteiger partial charge in [0.25, 0.3) is 0 Å². The van der Waals surface area contributed by atoms with Gasteiger partial charge in [-0.2, -0.15) is 0 Å². The zero-order valence-corrected chi connectivity index (χ0v) is 21.7. The first-order chi connectivity index (χ1) is 15.7. The molecule has 33 heavy (non-hydrogen) atoms. The molecule has 6 heteroatoms. The van der Waals surface area contributed by atoms with Gasteiger partial charge in [-0.3, -0.25) is 0 Å². The Bertz CT molecular complexity index is 1260. The van der Waals surface area contributed by atoms with Crippen LogP contribution in [0.1, 0.15) is 24.0 Å². The SMILES string of the molecule is C[Si](C)(C)C#Cc1ccc2c(ccn2CC2CCN(S(=O)(=O)CCc3ccccc3)CC2)c1. The molecule has 4 rings (SSSR count). The van der Waals surface area contributed by atoms with E-state index in [-0.39, 0.29) is 5.75 Å². The van der Waals surface area contributed by atoms with Crippen LogP contribution in [0.3, 0.4) is 0 Å². The normalized spacial score (nSPS) is 16.0. The van der Waals surface area contributed by atoms with Crippen LogP contribution in [0, 0.1) is 17.4 Å². The summed E-state index contributed by atoms with van der Waals surface area (Å²) < 4.78 is 29.6. The van der Waals surface area contributed by atoms with Crippen molar-refractivity contribution in [2.45, 2.75) is 45.4 Å². The molecule has 1 aromatic heterocycles. The first-order valence-corrected chi connectivity index (χ1v) is 16.9. The summed E-state index contributed by atoms with van der Waals surface area (Å²) in [4.78, 5) is 0. The summed E-state index contributed by atoms with van der Waals surface area (Å²) in [5, 5.41) is 1.22. The molecular formula is C27H34N2O2SSi. The Morgan fingerprint density at radius 3 is 2.42 bits per heavy atom. The Morgan fingerprint density at radius 1 is 1.00 bits per heavy atom. The minimum absolute atomic E-state index is 0.187. The lowest BCUT2D eigenvalue weighted by Gasteiger charge is -2.31. The minimum Gasteiger partial charge on any atom is -0.347 e. The van der Waals surface area contributed by atoms with Crippen LogP contribution in [-0.2, 0) is 23.0 Å². The third-order valence-corrected chi connectivity index (χ3v) is 9.01. The maximum Gasteiger partial charge on any atom is 0.214 e. The first kappa shape index (κ1) is 23.8. The monoisotopic (exact) mass is 478 g/mol. The molecule has 0 bridgehead atoms. The Balaban J connectivity index is 1.34. The van der Waals surface area contributed by atoms with Crippen LogP contribution in [0.4, 0.5) is 0 Å². The third-order valence-electron chi connectivity index (χ3n) is 6.27. The zero-order chi connectivity index (χ0) is 23.5. The summed E-state index contributed by atoms with van der Waals surface area (Å²) in [6.07, 6.45) is 4.54. The summed E-state index contributed by atoms with van der Waals surface area (Å²) in [5.74, 6) is 4.03. The van der Waals surface area contributed by atoms with Crippen molar-refractivity contribution >= 4 is 29.0 Å². The average molecular weight is 479 g/mol. The van der Waals surface area contributed by atoms with Gasteiger partial charge in [0.15, 0.2) is 0 Å². The second-order valence-electron chi connectivity index (χ2n) is 10.1. The first-order valence-electron chi connectivity index (χ1n) is 11.8. The van der Waals surface area contributed by atoms with E-state index < -0.39 is 18.1 Å². The van der Waals surface area contributed by atoms with Gasteiger partial charge in [0.2, 0.25) is 10.0 Å². The molecule has 1 aliphatic rings. The molecule has 4 nitrogen and oxygen atoms in total. The highest BCUT2D eigenvalue weighted by atomic mass is 32.2. The fourth-order valence-electron chi connectivity index (χ4n) is 4.37. The van der Waals surface area contributed by atoms with E-state index in [1.165, 1.54) is 10.9 Å². The van der Waals surface area contributed by atoms with Crippen LogP contribution in [0.15, 0.2) is 60.8 Å². The second-order valence-corrected chi connectivity index (χ2v) is 17.0. The highest BCUT2D eigenvalue weighted by Crippen LogP contribution is 2.25. The number of aryl methyl sites for hydroxylation is 1. The highest BCUT2D eigenvalue weighted by molar-refractivity contribution is 7.89. The maximum atomic E-state index is 12.8. The van der Waals surface area contributed by atoms with E-state index in [1.807, 2.05) is 30.3 Å². The maximum absolute atomic E-state index is 12.8. The quantitative estimate of drug-likeness (QED) is 0.363. The van der Waals surface area contributed by atoms with Crippen LogP contribution in [0.5, 0.6) is 0 Å². The van der Waals surface area contributed by atoms with Crippen molar-refractivity contribution in [1.29, 1.82) is 0 Å². The number of hydrogen-bond donors (Lipinski definition) is 0. The molecular weight excluding hydrogens is 444 g/mol. The van der Waals surface area contributed by atoms with Crippen molar-refractivity contribution in [1.82, 2.24) is 8.87 Å². The van der Waals surface area contributed by atoms with E-state index in [0.29, 0.717) is 25.4 Å². The number of rotatable bonds is 6. The number of fused-ring (bicyclic) bond motifs is 1. The summed E-state index contributed by atoms with van der Waals surface area (Å²) in [6.45, 7) is 8.95. The van der Waals surface area contributed by atoms with Gasteiger partial charge in [-0.05, 0) is 55.0 Å². The lowest BCUT2D eigenvalue weighted by molar-refractivity contribution is 0.255. The van der Waals surface area contributed by atoms with Crippen molar-refractivity contribution in [3.05, 3.63) is 71.9 Å². The molecule has 2 heterocycles. The Morgan fingerprint density at radius 2 is 1.73 bits per heavy atom. The molecule has 1 fully saturated rings. The molecule has 0 atom stereocenters. The standard InChI is InChI=1S/C27H34N2O2SSi/c1-33(2,3)20-15-24-9-10-27-26(21-24)13-16-28(27)22-25-11-17-29(18-12-25)32(30,31)19-14-23-7-5-4-6-8-23/h4-10,13,16,21,25H,11-12,14,17-19,22H2,1-3H3. The highest BCUT2D eigenvalue weighted by Gasteiger charge is 2.28. The smallest absolute Gasteiger partial charge is 0.214 e. The molecule has 1 aliphatic heterocycles. The fourth-order valence-corrected chi connectivity index (χ4v) is 6.40. The van der Waals surface area contributed by atoms with E-state index in [1.54, 1.807) is 4.31 Å². The number of aromatic nitrogens is 1. The summed E-state index contributed by atoms with van der Waals surface area (Å²) in [5.41, 5.74) is 6.82. The molecule has 0 aliphatic carbocycles. The second kappa shape index (κ2) is 9.88. The largest absolute Gasteiger partial charge is 0.347 e. The fraction of sp³-hybridized carbons (Fsp3) is 0.407. The average Bonchev–Trinajstić information content (AvgIpc) is 3.19. The van der Waals surface area contributed by atoms with Crippen LogP contribution >= 0.6 is 0 Å². The van der Waals surface area contributed by atoms with Crippen LogP contribution < -0.4 is 0 Å². The van der Waals surface area contributed by atoms with Crippen molar-refractivity contribution < 1.29 is 8.42 Å². The van der Waals surface area contributed by atoms with E-state index in [2.05, 4.69) is 66.1 Å². The Labute approximate surface area is 199 Å². The van der Waals surface area contributed by atoms with Crippen molar-refractivity contribution in [3.8, 4) is 11.5 Å². The van der Waals surface area contributed by atoms with Gasteiger partial charge >= 0.3 is 0 Å². The van der Waals surface area contributed by atoms with E-state index in [0.717, 1.165) is 30.5 Å². The van der Waals surface area contributed by atoms with Crippen LogP contribution in [-0.4, -0.2) is 44.2 Å². The van der Waals surface area contributed by atoms with Crippen molar-refractivity contribution in [3.63, 3.8) is 0 Å².